The Labute approximate surface area is 204 Å². The third kappa shape index (κ3) is 4.18. The van der Waals surface area contributed by atoms with Crippen molar-refractivity contribution in [1.29, 1.82) is 0 Å². The van der Waals surface area contributed by atoms with Crippen molar-refractivity contribution in [2.45, 2.75) is 55.3 Å². The molecule has 0 amide bonds. The Balaban J connectivity index is 1.72. The molecule has 0 aliphatic heterocycles. The molecular weight excluding hydrogens is 472 g/mol. The van der Waals surface area contributed by atoms with E-state index in [1.165, 1.54) is 4.57 Å². The van der Waals surface area contributed by atoms with E-state index in [4.69, 9.17) is 0 Å². The smallest absolute Gasteiger partial charge is 0.326 e. The Kier molecular flexibility index (Phi) is 6.20. The standard InChI is InChI=1S/C24H26N4O2S3/c1-15(2)12-28-23-20(22(29)26(3)24(28)30)21(33-19-10-7-11-31-19)18(32-23)13-27-14-25-16-8-5-4-6-9-17(16)27/h6-7,9-11,14-15H,4-5,8,12-13H2,1-3H3. The molecule has 0 spiro atoms. The molecule has 4 heterocycles. The average Bonchev–Trinajstić information content (AvgIpc) is 3.47. The fourth-order valence-electron chi connectivity index (χ4n) is 4.19. The molecule has 0 bridgehead atoms. The van der Waals surface area contributed by atoms with Crippen molar-refractivity contribution in [2.75, 3.05) is 0 Å². The highest BCUT2D eigenvalue weighted by atomic mass is 32.2. The van der Waals surface area contributed by atoms with Gasteiger partial charge in [0.1, 0.15) is 4.83 Å². The fourth-order valence-corrected chi connectivity index (χ4v) is 7.56. The number of nitrogens with zero attached hydrogens (tertiary/aromatic N) is 4. The first kappa shape index (κ1) is 22.4. The van der Waals surface area contributed by atoms with Crippen LogP contribution in [-0.2, 0) is 26.6 Å². The Bertz CT molecular complexity index is 1450. The van der Waals surface area contributed by atoms with Crippen molar-refractivity contribution in [1.82, 2.24) is 18.7 Å². The van der Waals surface area contributed by atoms with Crippen LogP contribution in [-0.4, -0.2) is 18.7 Å². The van der Waals surface area contributed by atoms with E-state index in [0.29, 0.717) is 18.5 Å². The Morgan fingerprint density at radius 2 is 2.12 bits per heavy atom. The van der Waals surface area contributed by atoms with Gasteiger partial charge in [-0.1, -0.05) is 37.8 Å². The molecule has 1 aliphatic rings. The lowest BCUT2D eigenvalue weighted by molar-refractivity contribution is 0.504. The van der Waals surface area contributed by atoms with Crippen molar-refractivity contribution in [3.05, 3.63) is 67.0 Å². The molecule has 0 fully saturated rings. The van der Waals surface area contributed by atoms with Gasteiger partial charge in [0.2, 0.25) is 0 Å². The van der Waals surface area contributed by atoms with Gasteiger partial charge in [-0.25, -0.2) is 9.78 Å². The van der Waals surface area contributed by atoms with Gasteiger partial charge in [0, 0.05) is 23.4 Å². The summed E-state index contributed by atoms with van der Waals surface area (Å²) in [6.45, 7) is 5.38. The van der Waals surface area contributed by atoms with Gasteiger partial charge in [0.15, 0.2) is 0 Å². The Morgan fingerprint density at radius 3 is 2.88 bits per heavy atom. The van der Waals surface area contributed by atoms with Crippen LogP contribution < -0.4 is 11.2 Å². The summed E-state index contributed by atoms with van der Waals surface area (Å²) in [5.41, 5.74) is 1.80. The number of allylic oxidation sites excluding steroid dienone is 1. The Hall–Kier alpha value is -2.36. The van der Waals surface area contributed by atoms with Gasteiger partial charge >= 0.3 is 5.69 Å². The van der Waals surface area contributed by atoms with Crippen molar-refractivity contribution < 1.29 is 0 Å². The molecule has 0 aromatic carbocycles. The zero-order chi connectivity index (χ0) is 23.1. The summed E-state index contributed by atoms with van der Waals surface area (Å²) >= 11 is 4.85. The van der Waals surface area contributed by atoms with Gasteiger partial charge in [-0.2, -0.15) is 0 Å². The largest absolute Gasteiger partial charge is 0.331 e. The molecule has 5 rings (SSSR count). The van der Waals surface area contributed by atoms with Crippen molar-refractivity contribution in [2.24, 2.45) is 13.0 Å². The van der Waals surface area contributed by atoms with E-state index >= 15 is 0 Å². The SMILES string of the molecule is CC(C)Cn1c(=O)n(C)c(=O)c2c(Sc3cccs3)c(Cn3cnc4c3C=CCCC4)sc21. The molecule has 0 N–H and O–H groups in total. The normalized spacial score (nSPS) is 13.7. The molecule has 0 unspecified atom stereocenters. The van der Waals surface area contributed by atoms with E-state index in [9.17, 15) is 9.59 Å². The predicted octanol–water partition coefficient (Wildman–Crippen LogP) is 5.22. The summed E-state index contributed by atoms with van der Waals surface area (Å²) < 4.78 is 6.34. The van der Waals surface area contributed by atoms with Crippen molar-refractivity contribution >= 4 is 50.7 Å². The van der Waals surface area contributed by atoms with Crippen molar-refractivity contribution in [3.8, 4) is 0 Å². The van der Waals surface area contributed by atoms with Crippen LogP contribution >= 0.6 is 34.4 Å². The molecule has 4 aromatic rings. The van der Waals surface area contributed by atoms with E-state index in [1.807, 2.05) is 17.8 Å². The first-order valence-electron chi connectivity index (χ1n) is 11.1. The second kappa shape index (κ2) is 9.12. The minimum absolute atomic E-state index is 0.221. The summed E-state index contributed by atoms with van der Waals surface area (Å²) in [5, 5.41) is 2.70. The van der Waals surface area contributed by atoms with Gasteiger partial charge in [-0.15, -0.1) is 22.7 Å². The van der Waals surface area contributed by atoms with E-state index < -0.39 is 0 Å². The quantitative estimate of drug-likeness (QED) is 0.365. The van der Waals surface area contributed by atoms with Gasteiger partial charge in [-0.05, 0) is 42.7 Å². The molecule has 0 atom stereocenters. The molecular formula is C24H26N4O2S3. The zero-order valence-corrected chi connectivity index (χ0v) is 21.4. The lowest BCUT2D eigenvalue weighted by Gasteiger charge is -2.11. The summed E-state index contributed by atoms with van der Waals surface area (Å²) in [7, 11) is 1.58. The van der Waals surface area contributed by atoms with E-state index in [-0.39, 0.29) is 17.2 Å². The molecule has 0 radical (unpaired) electrons. The van der Waals surface area contributed by atoms with Crippen LogP contribution in [0.5, 0.6) is 0 Å². The summed E-state index contributed by atoms with van der Waals surface area (Å²) in [4.78, 5) is 33.8. The number of rotatable bonds is 6. The second-order valence-corrected chi connectivity index (χ2v) is 12.1. The maximum atomic E-state index is 13.3. The molecule has 33 heavy (non-hydrogen) atoms. The summed E-state index contributed by atoms with van der Waals surface area (Å²) in [5.74, 6) is 0.289. The highest BCUT2D eigenvalue weighted by Gasteiger charge is 2.23. The first-order valence-corrected chi connectivity index (χ1v) is 13.6. The number of thiophene rings is 2. The molecule has 6 nitrogen and oxygen atoms in total. The minimum Gasteiger partial charge on any atom is -0.326 e. The summed E-state index contributed by atoms with van der Waals surface area (Å²) in [6, 6.07) is 4.10. The number of fused-ring (bicyclic) bond motifs is 2. The maximum Gasteiger partial charge on any atom is 0.331 e. The number of aryl methyl sites for hydroxylation is 1. The highest BCUT2D eigenvalue weighted by molar-refractivity contribution is 8.01. The van der Waals surface area contributed by atoms with Crippen molar-refractivity contribution in [3.63, 3.8) is 0 Å². The monoisotopic (exact) mass is 498 g/mol. The van der Waals surface area contributed by atoms with Crippen LogP contribution in [0.2, 0.25) is 0 Å². The van der Waals surface area contributed by atoms with E-state index in [0.717, 1.165) is 49.5 Å². The molecule has 9 heteroatoms. The topological polar surface area (TPSA) is 61.8 Å². The van der Waals surface area contributed by atoms with E-state index in [1.54, 1.807) is 46.1 Å². The molecule has 0 saturated carbocycles. The highest BCUT2D eigenvalue weighted by Crippen LogP contribution is 2.42. The molecule has 0 saturated heterocycles. The Morgan fingerprint density at radius 1 is 1.27 bits per heavy atom. The molecule has 4 aromatic heterocycles. The predicted molar refractivity (Wildman–Crippen MR) is 138 cm³/mol. The number of hydrogen-bond acceptors (Lipinski definition) is 6. The van der Waals surface area contributed by atoms with Gasteiger partial charge in [0.05, 0.1) is 33.9 Å². The number of aromatic nitrogens is 4. The maximum absolute atomic E-state index is 13.3. The second-order valence-electron chi connectivity index (χ2n) is 8.72. The van der Waals surface area contributed by atoms with Crippen LogP contribution in [0.15, 0.2) is 48.6 Å². The molecule has 1 aliphatic carbocycles. The fraction of sp³-hybridized carbons (Fsp3) is 0.375. The lowest BCUT2D eigenvalue weighted by atomic mass is 10.2. The zero-order valence-electron chi connectivity index (χ0n) is 18.9. The number of hydrogen-bond donors (Lipinski definition) is 0. The van der Waals surface area contributed by atoms with Crippen LogP contribution in [0.1, 0.15) is 43.0 Å². The third-order valence-corrected chi connectivity index (χ3v) is 9.29. The van der Waals surface area contributed by atoms with Crippen LogP contribution in [0, 0.1) is 5.92 Å². The minimum atomic E-state index is -0.249. The average molecular weight is 499 g/mol. The number of imidazole rings is 1. The third-order valence-electron chi connectivity index (χ3n) is 5.77. The molecule has 172 valence electrons. The van der Waals surface area contributed by atoms with Gasteiger partial charge < -0.3 is 4.57 Å². The van der Waals surface area contributed by atoms with Gasteiger partial charge in [-0.3, -0.25) is 13.9 Å². The van der Waals surface area contributed by atoms with E-state index in [2.05, 4.69) is 41.6 Å². The first-order chi connectivity index (χ1) is 15.9. The summed E-state index contributed by atoms with van der Waals surface area (Å²) in [6.07, 6.45) is 9.45. The van der Waals surface area contributed by atoms with Crippen LogP contribution in [0.4, 0.5) is 0 Å². The van der Waals surface area contributed by atoms with Gasteiger partial charge in [0.25, 0.3) is 5.56 Å². The van der Waals surface area contributed by atoms with Crippen LogP contribution in [0.25, 0.3) is 16.3 Å². The van der Waals surface area contributed by atoms with Crippen LogP contribution in [0.3, 0.4) is 0 Å². The lowest BCUT2D eigenvalue weighted by Crippen LogP contribution is -2.38.